The number of likely N-dealkylation sites (N-methyl/N-ethyl adjacent to an activating group) is 1. The summed E-state index contributed by atoms with van der Waals surface area (Å²) in [7, 11) is 0. The molecule has 82 valence electrons. The Hall–Kier alpha value is -0.610. The summed E-state index contributed by atoms with van der Waals surface area (Å²) >= 11 is 0. The number of hydrogen-bond acceptors (Lipinski definition) is 3. The summed E-state index contributed by atoms with van der Waals surface area (Å²) in [4.78, 5) is 13.6. The smallest absolute Gasteiger partial charge is 0.239 e. The summed E-state index contributed by atoms with van der Waals surface area (Å²) in [5.41, 5.74) is 0. The second-order valence-corrected chi connectivity index (χ2v) is 3.64. The van der Waals surface area contributed by atoms with Gasteiger partial charge in [-0.3, -0.25) is 4.79 Å². The summed E-state index contributed by atoms with van der Waals surface area (Å²) < 4.78 is 0. The molecule has 4 nitrogen and oxygen atoms in total. The maximum atomic E-state index is 11.9. The molecule has 0 radical (unpaired) electrons. The number of piperidine rings is 1. The van der Waals surface area contributed by atoms with E-state index in [1.54, 1.807) is 4.90 Å². The third-order valence-electron chi connectivity index (χ3n) is 2.67. The molecule has 1 fully saturated rings. The fourth-order valence-corrected chi connectivity index (χ4v) is 1.83. The van der Waals surface area contributed by atoms with E-state index in [0.717, 1.165) is 25.8 Å². The van der Waals surface area contributed by atoms with Crippen LogP contribution in [-0.4, -0.2) is 48.2 Å². The monoisotopic (exact) mass is 200 g/mol. The molecule has 1 rings (SSSR count). The standard InChI is InChI=1S/C10H20N2O2/c1-2-12(7-8-13)10(14)9-5-3-4-6-11-9/h9,11,13H,2-8H2,1H3/t9-/m0/s1. The van der Waals surface area contributed by atoms with Crippen LogP contribution in [0.5, 0.6) is 0 Å². The molecule has 0 bridgehead atoms. The highest BCUT2D eigenvalue weighted by molar-refractivity contribution is 5.81. The van der Waals surface area contributed by atoms with E-state index in [1.807, 2.05) is 6.92 Å². The van der Waals surface area contributed by atoms with Gasteiger partial charge in [-0.05, 0) is 26.3 Å². The van der Waals surface area contributed by atoms with Crippen LogP contribution in [0.25, 0.3) is 0 Å². The maximum absolute atomic E-state index is 11.9. The van der Waals surface area contributed by atoms with Crippen molar-refractivity contribution in [2.75, 3.05) is 26.2 Å². The molecular formula is C10H20N2O2. The number of amides is 1. The van der Waals surface area contributed by atoms with Crippen molar-refractivity contribution < 1.29 is 9.90 Å². The largest absolute Gasteiger partial charge is 0.395 e. The molecule has 1 amide bonds. The lowest BCUT2D eigenvalue weighted by molar-refractivity contribution is -0.134. The summed E-state index contributed by atoms with van der Waals surface area (Å²) in [6, 6.07) is -0.0183. The molecule has 0 aromatic heterocycles. The van der Waals surface area contributed by atoms with E-state index in [4.69, 9.17) is 5.11 Å². The summed E-state index contributed by atoms with van der Waals surface area (Å²) in [6.45, 7) is 4.06. The molecule has 0 spiro atoms. The van der Waals surface area contributed by atoms with Gasteiger partial charge >= 0.3 is 0 Å². The molecule has 1 aliphatic rings. The maximum Gasteiger partial charge on any atom is 0.239 e. The second kappa shape index (κ2) is 5.98. The van der Waals surface area contributed by atoms with Gasteiger partial charge < -0.3 is 15.3 Å². The van der Waals surface area contributed by atoms with Crippen LogP contribution in [0.15, 0.2) is 0 Å². The first-order valence-corrected chi connectivity index (χ1v) is 5.42. The molecule has 1 atom stereocenters. The summed E-state index contributed by atoms with van der Waals surface area (Å²) in [5, 5.41) is 12.0. The third kappa shape index (κ3) is 2.96. The molecule has 1 heterocycles. The van der Waals surface area contributed by atoms with Gasteiger partial charge in [0.25, 0.3) is 0 Å². The minimum absolute atomic E-state index is 0.0183. The van der Waals surface area contributed by atoms with Gasteiger partial charge in [0, 0.05) is 13.1 Å². The Labute approximate surface area is 85.3 Å². The van der Waals surface area contributed by atoms with E-state index in [9.17, 15) is 4.79 Å². The van der Waals surface area contributed by atoms with E-state index < -0.39 is 0 Å². The molecule has 14 heavy (non-hydrogen) atoms. The number of nitrogens with one attached hydrogen (secondary N) is 1. The fourth-order valence-electron chi connectivity index (χ4n) is 1.83. The van der Waals surface area contributed by atoms with Crippen molar-refractivity contribution in [3.05, 3.63) is 0 Å². The number of aliphatic hydroxyl groups is 1. The Morgan fingerprint density at radius 1 is 1.57 bits per heavy atom. The minimum atomic E-state index is -0.0183. The van der Waals surface area contributed by atoms with Crippen LogP contribution in [0.4, 0.5) is 0 Å². The normalized spacial score (nSPS) is 22.0. The number of aliphatic hydroxyl groups excluding tert-OH is 1. The van der Waals surface area contributed by atoms with E-state index in [1.165, 1.54) is 0 Å². The Morgan fingerprint density at radius 3 is 2.86 bits per heavy atom. The number of carbonyl (C=O) groups excluding carboxylic acids is 1. The summed E-state index contributed by atoms with van der Waals surface area (Å²) in [6.07, 6.45) is 3.22. The van der Waals surface area contributed by atoms with Crippen molar-refractivity contribution in [2.45, 2.75) is 32.2 Å². The van der Waals surface area contributed by atoms with Crippen LogP contribution >= 0.6 is 0 Å². The zero-order valence-corrected chi connectivity index (χ0v) is 8.83. The van der Waals surface area contributed by atoms with Gasteiger partial charge in [-0.1, -0.05) is 6.42 Å². The first kappa shape index (κ1) is 11.5. The van der Waals surface area contributed by atoms with Crippen molar-refractivity contribution in [1.29, 1.82) is 0 Å². The van der Waals surface area contributed by atoms with E-state index in [0.29, 0.717) is 13.1 Å². The van der Waals surface area contributed by atoms with Gasteiger partial charge in [0.1, 0.15) is 0 Å². The molecule has 1 aliphatic heterocycles. The van der Waals surface area contributed by atoms with Crippen LogP contribution < -0.4 is 5.32 Å². The lowest BCUT2D eigenvalue weighted by Gasteiger charge is -2.28. The second-order valence-electron chi connectivity index (χ2n) is 3.64. The molecule has 0 aromatic rings. The van der Waals surface area contributed by atoms with Crippen LogP contribution in [0, 0.1) is 0 Å². The SMILES string of the molecule is CCN(CCO)C(=O)[C@@H]1CCCCN1. The molecule has 2 N–H and O–H groups in total. The highest BCUT2D eigenvalue weighted by atomic mass is 16.3. The van der Waals surface area contributed by atoms with Crippen molar-refractivity contribution in [2.24, 2.45) is 0 Å². The highest BCUT2D eigenvalue weighted by Gasteiger charge is 2.24. The zero-order chi connectivity index (χ0) is 10.4. The van der Waals surface area contributed by atoms with Crippen LogP contribution in [0.3, 0.4) is 0 Å². The van der Waals surface area contributed by atoms with Gasteiger partial charge in [-0.25, -0.2) is 0 Å². The first-order valence-electron chi connectivity index (χ1n) is 5.42. The van der Waals surface area contributed by atoms with Gasteiger partial charge in [0.05, 0.1) is 12.6 Å². The van der Waals surface area contributed by atoms with Crippen molar-refractivity contribution in [1.82, 2.24) is 10.2 Å². The van der Waals surface area contributed by atoms with Gasteiger partial charge in [-0.2, -0.15) is 0 Å². The Balaban J connectivity index is 2.43. The highest BCUT2D eigenvalue weighted by Crippen LogP contribution is 2.09. The quantitative estimate of drug-likeness (QED) is 0.670. The predicted molar refractivity (Wildman–Crippen MR) is 55.0 cm³/mol. The number of carbonyl (C=O) groups is 1. The lowest BCUT2D eigenvalue weighted by Crippen LogP contribution is -2.49. The average molecular weight is 200 g/mol. The minimum Gasteiger partial charge on any atom is -0.395 e. The Bertz CT molecular complexity index is 172. The lowest BCUT2D eigenvalue weighted by atomic mass is 10.0. The topological polar surface area (TPSA) is 52.6 Å². The first-order chi connectivity index (χ1) is 6.79. The third-order valence-corrected chi connectivity index (χ3v) is 2.67. The van der Waals surface area contributed by atoms with E-state index in [-0.39, 0.29) is 18.6 Å². The molecule has 0 aliphatic carbocycles. The van der Waals surface area contributed by atoms with Crippen molar-refractivity contribution >= 4 is 5.91 Å². The van der Waals surface area contributed by atoms with E-state index >= 15 is 0 Å². The van der Waals surface area contributed by atoms with E-state index in [2.05, 4.69) is 5.32 Å². The summed E-state index contributed by atoms with van der Waals surface area (Å²) in [5.74, 6) is 0.140. The van der Waals surface area contributed by atoms with Gasteiger partial charge in [0.2, 0.25) is 5.91 Å². The fraction of sp³-hybridized carbons (Fsp3) is 0.900. The number of nitrogens with zero attached hydrogens (tertiary/aromatic N) is 1. The number of rotatable bonds is 4. The molecule has 4 heteroatoms. The average Bonchev–Trinajstić information content (AvgIpc) is 2.26. The van der Waals surface area contributed by atoms with Crippen LogP contribution in [0.1, 0.15) is 26.2 Å². The Kier molecular flexibility index (Phi) is 4.90. The number of hydrogen-bond donors (Lipinski definition) is 2. The predicted octanol–water partition coefficient (Wildman–Crippen LogP) is -0.0307. The van der Waals surface area contributed by atoms with Crippen LogP contribution in [0.2, 0.25) is 0 Å². The molecular weight excluding hydrogens is 180 g/mol. The Morgan fingerprint density at radius 2 is 2.36 bits per heavy atom. The van der Waals surface area contributed by atoms with Crippen molar-refractivity contribution in [3.8, 4) is 0 Å². The zero-order valence-electron chi connectivity index (χ0n) is 8.83. The van der Waals surface area contributed by atoms with Gasteiger partial charge in [0.15, 0.2) is 0 Å². The molecule has 0 aromatic carbocycles. The molecule has 0 unspecified atom stereocenters. The van der Waals surface area contributed by atoms with Crippen LogP contribution in [-0.2, 0) is 4.79 Å². The molecule has 0 saturated carbocycles. The molecule has 1 saturated heterocycles. The van der Waals surface area contributed by atoms with Gasteiger partial charge in [-0.15, -0.1) is 0 Å². The van der Waals surface area contributed by atoms with Crippen molar-refractivity contribution in [3.63, 3.8) is 0 Å².